The average Bonchev–Trinajstić information content (AvgIpc) is 3.00. The average molecular weight is 296 g/mol. The minimum atomic E-state index is -0.428. The highest BCUT2D eigenvalue weighted by atomic mass is 35.5. The maximum absolute atomic E-state index is 10.9. The number of nitro groups is 1. The van der Waals surface area contributed by atoms with Gasteiger partial charge in [-0.25, -0.2) is 4.98 Å². The highest BCUT2D eigenvalue weighted by Crippen LogP contribution is 2.48. The topological polar surface area (TPSA) is 59.3 Å². The Labute approximate surface area is 123 Å². The number of nitrogens with zero attached hydrogens (tertiary/aromatic N) is 3. The quantitative estimate of drug-likeness (QED) is 0.484. The summed E-state index contributed by atoms with van der Waals surface area (Å²) in [4.78, 5) is 16.7. The maximum Gasteiger partial charge on any atom is 0.276 e. The van der Waals surface area contributed by atoms with Crippen LogP contribution in [0.2, 0.25) is 5.15 Å². The number of anilines is 1. The van der Waals surface area contributed by atoms with Gasteiger partial charge in [0.05, 0.1) is 17.1 Å². The first kappa shape index (κ1) is 13.6. The molecule has 0 aromatic carbocycles. The van der Waals surface area contributed by atoms with Gasteiger partial charge in [0.2, 0.25) is 0 Å². The molecule has 2 aliphatic rings. The van der Waals surface area contributed by atoms with Gasteiger partial charge in [-0.05, 0) is 37.0 Å². The van der Waals surface area contributed by atoms with Gasteiger partial charge >= 0.3 is 0 Å². The van der Waals surface area contributed by atoms with Crippen LogP contribution in [0.25, 0.3) is 0 Å². The monoisotopic (exact) mass is 295 g/mol. The number of fused-ring (bicyclic) bond motifs is 2. The largest absolute Gasteiger partial charge is 0.359 e. The molecule has 0 saturated heterocycles. The van der Waals surface area contributed by atoms with Crippen LogP contribution in [0.15, 0.2) is 12.1 Å². The zero-order valence-corrected chi connectivity index (χ0v) is 12.2. The zero-order chi connectivity index (χ0) is 14.3. The Balaban J connectivity index is 1.73. The molecule has 0 radical (unpaired) electrons. The molecule has 2 saturated carbocycles. The second kappa shape index (κ2) is 5.20. The lowest BCUT2D eigenvalue weighted by atomic mass is 9.88. The molecule has 108 valence electrons. The van der Waals surface area contributed by atoms with Gasteiger partial charge in [-0.2, -0.15) is 0 Å². The zero-order valence-electron chi connectivity index (χ0n) is 11.5. The van der Waals surface area contributed by atoms with Gasteiger partial charge in [0.1, 0.15) is 11.0 Å². The van der Waals surface area contributed by atoms with Crippen LogP contribution in [0.3, 0.4) is 0 Å². The van der Waals surface area contributed by atoms with Crippen LogP contribution in [0.4, 0.5) is 11.5 Å². The van der Waals surface area contributed by atoms with Gasteiger partial charge in [-0.3, -0.25) is 10.1 Å². The van der Waals surface area contributed by atoms with Crippen molar-refractivity contribution in [1.82, 2.24) is 4.98 Å². The first-order valence-electron chi connectivity index (χ1n) is 7.06. The van der Waals surface area contributed by atoms with Crippen molar-refractivity contribution in [2.45, 2.75) is 25.7 Å². The summed E-state index contributed by atoms with van der Waals surface area (Å²) in [6.07, 6.45) is 5.37. The summed E-state index contributed by atoms with van der Waals surface area (Å²) in [5.74, 6) is 3.02. The summed E-state index contributed by atoms with van der Waals surface area (Å²) < 4.78 is 0. The Bertz CT molecular complexity index is 537. The lowest BCUT2D eigenvalue weighted by molar-refractivity contribution is -0.384. The van der Waals surface area contributed by atoms with Crippen molar-refractivity contribution in [2.75, 3.05) is 18.5 Å². The van der Waals surface area contributed by atoms with Crippen molar-refractivity contribution in [3.8, 4) is 0 Å². The van der Waals surface area contributed by atoms with E-state index in [0.29, 0.717) is 11.7 Å². The molecule has 0 N–H and O–H groups in total. The van der Waals surface area contributed by atoms with E-state index in [1.54, 1.807) is 0 Å². The number of hydrogen-bond donors (Lipinski definition) is 0. The van der Waals surface area contributed by atoms with Crippen LogP contribution < -0.4 is 4.90 Å². The van der Waals surface area contributed by atoms with Crippen LogP contribution in [-0.4, -0.2) is 23.5 Å². The fraction of sp³-hybridized carbons (Fsp3) is 0.643. The molecule has 2 fully saturated rings. The maximum atomic E-state index is 10.9. The molecule has 1 heterocycles. The van der Waals surface area contributed by atoms with Gasteiger partial charge in [-0.15, -0.1) is 0 Å². The molecule has 3 rings (SSSR count). The summed E-state index contributed by atoms with van der Waals surface area (Å²) in [6, 6.07) is 2.79. The molecule has 2 bridgehead atoms. The predicted octanol–water partition coefficient (Wildman–Crippen LogP) is 3.52. The van der Waals surface area contributed by atoms with Gasteiger partial charge < -0.3 is 4.90 Å². The highest BCUT2D eigenvalue weighted by molar-refractivity contribution is 6.29. The molecule has 2 aliphatic carbocycles. The van der Waals surface area contributed by atoms with E-state index in [1.807, 2.05) is 11.9 Å². The molecule has 3 unspecified atom stereocenters. The first-order chi connectivity index (χ1) is 9.52. The summed E-state index contributed by atoms with van der Waals surface area (Å²) in [5, 5.41) is 11.1. The number of hydrogen-bond acceptors (Lipinski definition) is 4. The second-order valence-corrected chi connectivity index (χ2v) is 6.47. The number of pyridine rings is 1. The molecular weight excluding hydrogens is 278 g/mol. The van der Waals surface area contributed by atoms with E-state index in [1.165, 1.54) is 37.8 Å². The molecule has 1 aromatic rings. The molecule has 5 nitrogen and oxygen atoms in total. The van der Waals surface area contributed by atoms with Gasteiger partial charge in [0.25, 0.3) is 5.69 Å². The standard InChI is InChI=1S/C14H18ClN3O2/c1-17(8-11-5-9-2-3-10(11)4-9)14-7-12(18(19)20)6-13(15)16-14/h6-7,9-11H,2-5,8H2,1H3. The van der Waals surface area contributed by atoms with Crippen molar-refractivity contribution in [2.24, 2.45) is 17.8 Å². The van der Waals surface area contributed by atoms with Crippen LogP contribution >= 0.6 is 11.6 Å². The molecule has 0 amide bonds. The van der Waals surface area contributed by atoms with Gasteiger partial charge in [-0.1, -0.05) is 18.0 Å². The van der Waals surface area contributed by atoms with Crippen LogP contribution in [-0.2, 0) is 0 Å². The summed E-state index contributed by atoms with van der Waals surface area (Å²) in [5.41, 5.74) is -0.000192. The molecular formula is C14H18ClN3O2. The smallest absolute Gasteiger partial charge is 0.276 e. The fourth-order valence-corrected chi connectivity index (χ4v) is 4.01. The van der Waals surface area contributed by atoms with Crippen LogP contribution in [0.1, 0.15) is 25.7 Å². The fourth-order valence-electron chi connectivity index (χ4n) is 3.82. The lowest BCUT2D eigenvalue weighted by Gasteiger charge is -2.27. The minimum absolute atomic E-state index is 0.000192. The van der Waals surface area contributed by atoms with Crippen LogP contribution in [0.5, 0.6) is 0 Å². The molecule has 0 spiro atoms. The van der Waals surface area contributed by atoms with Crippen molar-refractivity contribution >= 4 is 23.1 Å². The number of aromatic nitrogens is 1. The Kier molecular flexibility index (Phi) is 3.54. The third kappa shape index (κ3) is 2.59. The SMILES string of the molecule is CN(CC1CC2CCC1C2)c1cc([N+](=O)[O-])cc(Cl)n1. The Morgan fingerprint density at radius 2 is 2.25 bits per heavy atom. The van der Waals surface area contributed by atoms with Crippen molar-refractivity contribution in [1.29, 1.82) is 0 Å². The van der Waals surface area contributed by atoms with Crippen LogP contribution in [0, 0.1) is 27.9 Å². The van der Waals surface area contributed by atoms with E-state index in [2.05, 4.69) is 4.98 Å². The Morgan fingerprint density at radius 3 is 2.85 bits per heavy atom. The molecule has 1 aromatic heterocycles. The summed E-state index contributed by atoms with van der Waals surface area (Å²) in [6.45, 7) is 0.908. The first-order valence-corrected chi connectivity index (χ1v) is 7.44. The number of rotatable bonds is 4. The Hall–Kier alpha value is -1.36. The molecule has 20 heavy (non-hydrogen) atoms. The third-order valence-corrected chi connectivity index (χ3v) is 4.95. The molecule has 3 atom stereocenters. The van der Waals surface area contributed by atoms with Crippen molar-refractivity contribution in [3.05, 3.63) is 27.4 Å². The van der Waals surface area contributed by atoms with E-state index in [0.717, 1.165) is 18.4 Å². The van der Waals surface area contributed by atoms with E-state index < -0.39 is 4.92 Å². The van der Waals surface area contributed by atoms with E-state index in [4.69, 9.17) is 11.6 Å². The second-order valence-electron chi connectivity index (χ2n) is 6.08. The molecule has 6 heteroatoms. The normalized spacial score (nSPS) is 27.8. The molecule has 0 aliphatic heterocycles. The lowest BCUT2D eigenvalue weighted by Crippen LogP contribution is -2.29. The third-order valence-electron chi connectivity index (χ3n) is 4.76. The van der Waals surface area contributed by atoms with E-state index in [-0.39, 0.29) is 10.8 Å². The van der Waals surface area contributed by atoms with E-state index >= 15 is 0 Å². The van der Waals surface area contributed by atoms with Crippen molar-refractivity contribution < 1.29 is 4.92 Å². The highest BCUT2D eigenvalue weighted by Gasteiger charge is 2.39. The Morgan fingerprint density at radius 1 is 1.45 bits per heavy atom. The van der Waals surface area contributed by atoms with Gasteiger partial charge in [0, 0.05) is 13.6 Å². The number of halogens is 1. The van der Waals surface area contributed by atoms with Crippen molar-refractivity contribution in [3.63, 3.8) is 0 Å². The summed E-state index contributed by atoms with van der Waals surface area (Å²) in [7, 11) is 1.94. The van der Waals surface area contributed by atoms with E-state index in [9.17, 15) is 10.1 Å². The summed E-state index contributed by atoms with van der Waals surface area (Å²) >= 11 is 5.88. The van der Waals surface area contributed by atoms with Gasteiger partial charge in [0.15, 0.2) is 0 Å². The predicted molar refractivity (Wildman–Crippen MR) is 78.1 cm³/mol. The minimum Gasteiger partial charge on any atom is -0.359 e.